The first-order valence-corrected chi connectivity index (χ1v) is 6.58. The summed E-state index contributed by atoms with van der Waals surface area (Å²) >= 11 is 5.64. The van der Waals surface area contributed by atoms with Crippen molar-refractivity contribution in [3.63, 3.8) is 0 Å². The second-order valence-corrected chi connectivity index (χ2v) is 4.94. The highest BCUT2D eigenvalue weighted by Crippen LogP contribution is 2.31. The molecule has 0 unspecified atom stereocenters. The van der Waals surface area contributed by atoms with E-state index in [1.165, 1.54) is 12.3 Å². The molecule has 2 aromatic rings. The highest BCUT2D eigenvalue weighted by Gasteiger charge is 2.31. The highest BCUT2D eigenvalue weighted by atomic mass is 35.5. The number of hydrogen-bond donors (Lipinski definition) is 1. The van der Waals surface area contributed by atoms with Crippen LogP contribution in [0.1, 0.15) is 27.4 Å². The summed E-state index contributed by atoms with van der Waals surface area (Å²) in [7, 11) is 0. The summed E-state index contributed by atoms with van der Waals surface area (Å²) in [6.45, 7) is 1.77. The summed E-state index contributed by atoms with van der Waals surface area (Å²) in [6, 6.07) is 4.31. The van der Waals surface area contributed by atoms with Crippen LogP contribution >= 0.6 is 11.6 Å². The smallest absolute Gasteiger partial charge is 0.346 e. The average molecular weight is 330 g/mol. The third-order valence-corrected chi connectivity index (χ3v) is 2.97. The molecule has 116 valence electrons. The topological polar surface area (TPSA) is 54.9 Å². The molecular weight excluding hydrogens is 319 g/mol. The molecule has 0 bridgehead atoms. The number of amides is 1. The van der Waals surface area contributed by atoms with E-state index >= 15 is 0 Å². The van der Waals surface area contributed by atoms with Crippen molar-refractivity contribution in [1.29, 1.82) is 0 Å². The van der Waals surface area contributed by atoms with E-state index in [-0.39, 0.29) is 17.1 Å². The monoisotopic (exact) mass is 329 g/mol. The average Bonchev–Trinajstić information content (AvgIpc) is 2.43. The molecule has 0 aliphatic carbocycles. The summed E-state index contributed by atoms with van der Waals surface area (Å²) in [6.07, 6.45) is -3.03. The predicted molar refractivity (Wildman–Crippen MR) is 74.4 cm³/mol. The largest absolute Gasteiger partial charge is 0.416 e. The van der Waals surface area contributed by atoms with Gasteiger partial charge in [-0.3, -0.25) is 4.79 Å². The molecule has 4 nitrogen and oxygen atoms in total. The quantitative estimate of drug-likeness (QED) is 0.939. The molecule has 1 heterocycles. The van der Waals surface area contributed by atoms with Crippen LogP contribution in [-0.2, 0) is 12.7 Å². The Morgan fingerprint density at radius 2 is 2.05 bits per heavy atom. The molecule has 8 heteroatoms. The molecule has 0 atom stereocenters. The SMILES string of the molecule is Cc1nccc(CNC(=O)c2cc(Cl)cc(C(F)(F)F)c2)n1. The van der Waals surface area contributed by atoms with Crippen LogP contribution in [0.25, 0.3) is 0 Å². The van der Waals surface area contributed by atoms with Crippen LogP contribution in [-0.4, -0.2) is 15.9 Å². The first-order valence-electron chi connectivity index (χ1n) is 6.20. The number of nitrogens with one attached hydrogen (secondary N) is 1. The van der Waals surface area contributed by atoms with E-state index in [1.54, 1.807) is 13.0 Å². The Kier molecular flexibility index (Phi) is 4.65. The van der Waals surface area contributed by atoms with Gasteiger partial charge in [0.2, 0.25) is 0 Å². The van der Waals surface area contributed by atoms with E-state index < -0.39 is 17.6 Å². The Labute approximate surface area is 129 Å². The van der Waals surface area contributed by atoms with Gasteiger partial charge in [-0.05, 0) is 31.2 Å². The maximum atomic E-state index is 12.7. The third-order valence-electron chi connectivity index (χ3n) is 2.75. The number of alkyl halides is 3. The van der Waals surface area contributed by atoms with E-state index in [0.717, 1.165) is 12.1 Å². The molecule has 0 radical (unpaired) electrons. The zero-order valence-corrected chi connectivity index (χ0v) is 12.2. The van der Waals surface area contributed by atoms with Gasteiger partial charge in [-0.25, -0.2) is 9.97 Å². The normalized spacial score (nSPS) is 11.3. The number of halogens is 4. The van der Waals surface area contributed by atoms with Gasteiger partial charge in [-0.15, -0.1) is 0 Å². The number of rotatable bonds is 3. The van der Waals surface area contributed by atoms with Crippen molar-refractivity contribution in [3.05, 3.63) is 58.1 Å². The molecule has 0 saturated heterocycles. The van der Waals surface area contributed by atoms with Gasteiger partial charge in [0.15, 0.2) is 0 Å². The van der Waals surface area contributed by atoms with Gasteiger partial charge >= 0.3 is 6.18 Å². The molecule has 0 saturated carbocycles. The van der Waals surface area contributed by atoms with Gasteiger partial charge < -0.3 is 5.32 Å². The maximum absolute atomic E-state index is 12.7. The number of carbonyl (C=O) groups excluding carboxylic acids is 1. The number of aryl methyl sites for hydroxylation is 1. The molecule has 1 amide bonds. The lowest BCUT2D eigenvalue weighted by Crippen LogP contribution is -2.24. The molecule has 22 heavy (non-hydrogen) atoms. The second kappa shape index (κ2) is 6.31. The van der Waals surface area contributed by atoms with Gasteiger partial charge in [-0.1, -0.05) is 11.6 Å². The zero-order chi connectivity index (χ0) is 16.3. The molecule has 0 spiro atoms. The van der Waals surface area contributed by atoms with E-state index in [1.807, 2.05) is 0 Å². The minimum atomic E-state index is -4.57. The fourth-order valence-electron chi connectivity index (χ4n) is 1.76. The van der Waals surface area contributed by atoms with Gasteiger partial charge in [0.1, 0.15) is 5.82 Å². The summed E-state index contributed by atoms with van der Waals surface area (Å²) in [5.41, 5.74) is -0.576. The standard InChI is InChI=1S/C14H11ClF3N3O/c1-8-19-3-2-12(21-8)7-20-13(22)9-4-10(14(16,17)18)6-11(15)5-9/h2-6H,7H2,1H3,(H,20,22). The maximum Gasteiger partial charge on any atom is 0.416 e. The molecule has 1 aromatic carbocycles. The molecule has 1 aromatic heterocycles. The highest BCUT2D eigenvalue weighted by molar-refractivity contribution is 6.31. The molecule has 0 aliphatic rings. The van der Waals surface area contributed by atoms with Crippen LogP contribution in [0.4, 0.5) is 13.2 Å². The number of hydrogen-bond acceptors (Lipinski definition) is 3. The minimum Gasteiger partial charge on any atom is -0.346 e. The van der Waals surface area contributed by atoms with Crippen molar-refractivity contribution in [1.82, 2.24) is 15.3 Å². The van der Waals surface area contributed by atoms with Crippen LogP contribution in [0, 0.1) is 6.92 Å². The minimum absolute atomic E-state index is 0.0794. The van der Waals surface area contributed by atoms with Gasteiger partial charge in [-0.2, -0.15) is 13.2 Å². The lowest BCUT2D eigenvalue weighted by atomic mass is 10.1. The number of nitrogens with zero attached hydrogens (tertiary/aromatic N) is 2. The second-order valence-electron chi connectivity index (χ2n) is 4.50. The van der Waals surface area contributed by atoms with Gasteiger partial charge in [0, 0.05) is 16.8 Å². The summed E-state index contributed by atoms with van der Waals surface area (Å²) in [5.74, 6) is -0.127. The fraction of sp³-hybridized carbons (Fsp3) is 0.214. The summed E-state index contributed by atoms with van der Waals surface area (Å²) < 4.78 is 38.1. The predicted octanol–water partition coefficient (Wildman–Crippen LogP) is 3.39. The molecule has 0 aliphatic heterocycles. The van der Waals surface area contributed by atoms with E-state index in [2.05, 4.69) is 15.3 Å². The van der Waals surface area contributed by atoms with Crippen LogP contribution in [0.2, 0.25) is 5.02 Å². The molecular formula is C14H11ClF3N3O. The fourth-order valence-corrected chi connectivity index (χ4v) is 2.00. The van der Waals surface area contributed by atoms with Crippen LogP contribution in [0.3, 0.4) is 0 Å². The van der Waals surface area contributed by atoms with Crippen molar-refractivity contribution >= 4 is 17.5 Å². The number of carbonyl (C=O) groups is 1. The van der Waals surface area contributed by atoms with Crippen molar-refractivity contribution < 1.29 is 18.0 Å². The molecule has 0 fully saturated rings. The van der Waals surface area contributed by atoms with E-state index in [4.69, 9.17) is 11.6 Å². The Balaban J connectivity index is 2.14. The Morgan fingerprint density at radius 1 is 1.32 bits per heavy atom. The van der Waals surface area contributed by atoms with Crippen LogP contribution in [0.5, 0.6) is 0 Å². The lowest BCUT2D eigenvalue weighted by Gasteiger charge is -2.10. The van der Waals surface area contributed by atoms with E-state index in [0.29, 0.717) is 11.5 Å². The zero-order valence-electron chi connectivity index (χ0n) is 11.4. The first-order chi connectivity index (χ1) is 10.3. The van der Waals surface area contributed by atoms with Crippen molar-refractivity contribution in [2.24, 2.45) is 0 Å². The van der Waals surface area contributed by atoms with Gasteiger partial charge in [0.05, 0.1) is 17.8 Å². The lowest BCUT2D eigenvalue weighted by molar-refractivity contribution is -0.137. The third kappa shape index (κ3) is 4.17. The molecule has 1 N–H and O–H groups in total. The Morgan fingerprint density at radius 3 is 2.68 bits per heavy atom. The van der Waals surface area contributed by atoms with Crippen molar-refractivity contribution in [2.45, 2.75) is 19.6 Å². The summed E-state index contributed by atoms with van der Waals surface area (Å²) in [5, 5.41) is 2.34. The number of aromatic nitrogens is 2. The van der Waals surface area contributed by atoms with Crippen LogP contribution in [0.15, 0.2) is 30.5 Å². The Hall–Kier alpha value is -2.15. The van der Waals surface area contributed by atoms with E-state index in [9.17, 15) is 18.0 Å². The number of benzene rings is 1. The summed E-state index contributed by atoms with van der Waals surface area (Å²) in [4.78, 5) is 19.9. The Bertz CT molecular complexity index is 704. The van der Waals surface area contributed by atoms with Crippen molar-refractivity contribution in [3.8, 4) is 0 Å². The van der Waals surface area contributed by atoms with Crippen molar-refractivity contribution in [2.75, 3.05) is 0 Å². The van der Waals surface area contributed by atoms with Crippen LogP contribution < -0.4 is 5.32 Å². The molecule has 2 rings (SSSR count). The first kappa shape index (κ1) is 16.2. The van der Waals surface area contributed by atoms with Gasteiger partial charge in [0.25, 0.3) is 5.91 Å².